The van der Waals surface area contributed by atoms with E-state index in [0.717, 1.165) is 28.9 Å². The normalized spacial score (nSPS) is 30.2. The molecule has 16 atom stereocenters. The van der Waals surface area contributed by atoms with Crippen molar-refractivity contribution in [3.8, 4) is 0 Å². The number of aromatic amines is 2. The fourth-order valence-electron chi connectivity index (χ4n) is 8.45. The number of nitrogens with two attached hydrogens (primary N) is 2. The number of fused-ring (bicyclic) bond motifs is 3. The number of aliphatic hydroxyl groups is 4. The molecule has 6 aromatic heterocycles. The third-order valence-corrected chi connectivity index (χ3v) is 17.0. The van der Waals surface area contributed by atoms with Gasteiger partial charge < -0.3 is 80.3 Å². The number of nitrogens with zero attached hydrogens (tertiary/aromatic N) is 10. The van der Waals surface area contributed by atoms with Gasteiger partial charge in [0.1, 0.15) is 66.8 Å². The molecule has 0 radical (unpaired) electrons. The number of hydrogen-bond acceptors (Lipinski definition) is 30. The first-order valence-electron chi connectivity index (χ1n) is 21.6. The molecule has 4 unspecified atom stereocenters. The quantitative estimate of drug-likeness (QED) is 0.0252. The summed E-state index contributed by atoms with van der Waals surface area (Å²) in [6.07, 6.45) is -15.7. The van der Waals surface area contributed by atoms with E-state index in [9.17, 15) is 67.8 Å². The minimum atomic E-state index is -6.26. The Hall–Kier alpha value is -5.15. The van der Waals surface area contributed by atoms with Gasteiger partial charge >= 0.3 is 29.1 Å². The molecule has 9 heterocycles. The van der Waals surface area contributed by atoms with Crippen LogP contribution in [0.2, 0.25) is 0 Å². The van der Waals surface area contributed by atoms with Crippen molar-refractivity contribution in [2.75, 3.05) is 50.8 Å². The molecule has 0 saturated carbocycles. The highest BCUT2D eigenvalue weighted by Gasteiger charge is 2.53. The summed E-state index contributed by atoms with van der Waals surface area (Å²) in [5.41, 5.74) is 9.67. The van der Waals surface area contributed by atoms with Crippen molar-refractivity contribution in [2.45, 2.75) is 73.6 Å². The SMILES string of the molecule is CNc1ncnc2c1ncn2[C@@H]1O[C@H](COP(=O)(O)OP(=O)(O)OP(=O)([O-])OC[C@H]2O[C@@H]([n+]3cn(C)c4c(=O)[nH]c(N)nc43)[C@H](O)[C@@H]2O)[C@@H](OP(=O)(O)OC[C@H]2O[C@@H](n3cnc4c(=O)[nH]c(N)nc43)[C@H](O)[C@@H]2O)[C@H]1OC. The summed E-state index contributed by atoms with van der Waals surface area (Å²) in [6, 6.07) is 0. The lowest BCUT2D eigenvalue weighted by Gasteiger charge is -2.27. The Morgan fingerprint density at radius 2 is 1.34 bits per heavy atom. The van der Waals surface area contributed by atoms with E-state index in [1.54, 1.807) is 0 Å². The highest BCUT2D eigenvalue weighted by atomic mass is 31.3. The Bertz CT molecular complexity index is 3490. The van der Waals surface area contributed by atoms with Crippen LogP contribution in [-0.4, -0.2) is 178 Å². The summed E-state index contributed by atoms with van der Waals surface area (Å²) in [5, 5.41) is 46.0. The molecule has 0 amide bonds. The number of phosphoric ester groups is 3. The number of imidazole rings is 3. The number of nitrogens with one attached hydrogen (secondary N) is 3. The second-order valence-electron chi connectivity index (χ2n) is 16.7. The molecule has 43 heteroatoms. The fourth-order valence-corrected chi connectivity index (χ4v) is 12.9. The molecule has 76 heavy (non-hydrogen) atoms. The minimum absolute atomic E-state index is 0.0319. The summed E-state index contributed by atoms with van der Waals surface area (Å²) in [5.74, 6) is -0.388. The van der Waals surface area contributed by atoms with Gasteiger partial charge in [0.25, 0.3) is 24.9 Å². The Balaban J connectivity index is 0.868. The number of phosphoric acid groups is 4. The molecule has 3 aliphatic rings. The molecule has 3 fully saturated rings. The van der Waals surface area contributed by atoms with Gasteiger partial charge in [-0.05, 0) is 0 Å². The number of hydrogen-bond donors (Lipinski definition) is 12. The van der Waals surface area contributed by atoms with Crippen molar-refractivity contribution in [3.63, 3.8) is 0 Å². The predicted octanol–water partition coefficient (Wildman–Crippen LogP) is -4.88. The van der Waals surface area contributed by atoms with Crippen LogP contribution in [-0.2, 0) is 71.0 Å². The van der Waals surface area contributed by atoms with Crippen molar-refractivity contribution in [1.29, 1.82) is 0 Å². The van der Waals surface area contributed by atoms with Gasteiger partial charge in [-0.3, -0.25) is 51.4 Å². The first kappa shape index (κ1) is 55.6. The zero-order chi connectivity index (χ0) is 55.0. The van der Waals surface area contributed by atoms with Crippen molar-refractivity contribution in [2.24, 2.45) is 7.05 Å². The monoisotopic (exact) mass is 1160 g/mol. The van der Waals surface area contributed by atoms with Crippen LogP contribution < -0.4 is 37.4 Å². The van der Waals surface area contributed by atoms with E-state index in [4.69, 9.17) is 44.0 Å². The van der Waals surface area contributed by atoms with Gasteiger partial charge in [0, 0.05) is 14.2 Å². The number of ether oxygens (including phenoxy) is 4. The smallest absolute Gasteiger partial charge is 0.487 e. The van der Waals surface area contributed by atoms with Crippen molar-refractivity contribution < 1.29 is 108 Å². The van der Waals surface area contributed by atoms with Crippen LogP contribution >= 0.6 is 31.3 Å². The van der Waals surface area contributed by atoms with Gasteiger partial charge in [-0.15, -0.1) is 0 Å². The molecule has 0 bridgehead atoms. The molecular weight excluding hydrogens is 1110 g/mol. The number of anilines is 3. The van der Waals surface area contributed by atoms with Gasteiger partial charge in [-0.1, -0.05) is 4.98 Å². The largest absolute Gasteiger partial charge is 0.756 e. The Morgan fingerprint density at radius 1 is 0.737 bits per heavy atom. The first-order chi connectivity index (χ1) is 35.7. The van der Waals surface area contributed by atoms with Crippen LogP contribution in [0.4, 0.5) is 17.7 Å². The van der Waals surface area contributed by atoms with Crippen LogP contribution in [0, 0.1) is 0 Å². The molecular formula is C33H45N15O24P4. The van der Waals surface area contributed by atoms with Gasteiger partial charge in [-0.2, -0.15) is 9.29 Å². The molecule has 0 aliphatic carbocycles. The molecule has 14 N–H and O–H groups in total. The molecule has 0 aromatic carbocycles. The number of nitrogen functional groups attached to an aromatic ring is 2. The maximum atomic E-state index is 13.7. The average molecular weight is 1160 g/mol. The van der Waals surface area contributed by atoms with E-state index in [-0.39, 0.29) is 51.2 Å². The Kier molecular flexibility index (Phi) is 15.3. The number of aryl methyl sites for hydroxylation is 1. The summed E-state index contributed by atoms with van der Waals surface area (Å²) in [6.45, 7) is -3.46. The second kappa shape index (κ2) is 20.9. The number of methoxy groups -OCH3 is 1. The lowest BCUT2D eigenvalue weighted by atomic mass is 10.1. The molecule has 3 saturated heterocycles. The summed E-state index contributed by atoms with van der Waals surface area (Å²) >= 11 is 0. The molecule has 416 valence electrons. The summed E-state index contributed by atoms with van der Waals surface area (Å²) < 4.78 is 109. The topological polar surface area (TPSA) is 551 Å². The fraction of sp³-hybridized carbons (Fsp3) is 0.545. The standard InChI is InChI=1S/C33H45N15O24P4/c1-36-23-14-24(38-7-37-23)46(8-39-14)31-22(63-3)21(70-73(55,56)64-4-11-17(49)19(51)29(67-11)47-9-40-15-25(47)41-32(34)43-27(15)53)13(69-31)6-66-75(59,60)72-76(61,62)71-74(57,58)65-5-12-18(50)20(52)30(68-12)48-10-45(2)16-26(48)42-33(35)44-28(16)54/h7-13,17-22,29-31,49-52H,4-6H2,1-3H3,(H10-,34,35,36,37,38,41,42,43,44,53,54,55,56,57,58,59,60,61,62)/t11-,12-,13-,17-,18-,19-,20-,21-,22-,29-,30-,31-/m1/s1. The molecule has 39 nitrogen and oxygen atoms in total. The average Bonchev–Trinajstić information content (AvgIpc) is 4.19. The second-order valence-corrected chi connectivity index (χ2v) is 22.7. The van der Waals surface area contributed by atoms with Gasteiger partial charge in [0.15, 0.2) is 41.4 Å². The number of rotatable bonds is 20. The number of H-pyrrole nitrogens is 2. The van der Waals surface area contributed by atoms with Gasteiger partial charge in [0.05, 0.1) is 39.5 Å². The third-order valence-electron chi connectivity index (χ3n) is 11.8. The lowest BCUT2D eigenvalue weighted by Crippen LogP contribution is -2.46. The first-order valence-corrected chi connectivity index (χ1v) is 27.5. The van der Waals surface area contributed by atoms with E-state index in [0.29, 0.717) is 0 Å². The van der Waals surface area contributed by atoms with Crippen molar-refractivity contribution in [1.82, 2.24) is 53.6 Å². The highest BCUT2D eigenvalue weighted by Crippen LogP contribution is 2.67. The minimum Gasteiger partial charge on any atom is -0.756 e. The maximum absolute atomic E-state index is 13.7. The number of aliphatic hydroxyl groups excluding tert-OH is 4. The maximum Gasteiger partial charge on any atom is 0.487 e. The van der Waals surface area contributed by atoms with Crippen LogP contribution in [0.1, 0.15) is 18.7 Å². The molecule has 3 aliphatic heterocycles. The van der Waals surface area contributed by atoms with Crippen molar-refractivity contribution in [3.05, 3.63) is 46.0 Å². The highest BCUT2D eigenvalue weighted by molar-refractivity contribution is 7.66. The van der Waals surface area contributed by atoms with Crippen molar-refractivity contribution >= 4 is 82.5 Å². The summed E-state index contributed by atoms with van der Waals surface area (Å²) in [4.78, 5) is 98.5. The van der Waals surface area contributed by atoms with Crippen LogP contribution in [0.25, 0.3) is 33.5 Å². The van der Waals surface area contributed by atoms with Crippen LogP contribution in [0.3, 0.4) is 0 Å². The van der Waals surface area contributed by atoms with E-state index in [1.165, 1.54) is 35.9 Å². The predicted molar refractivity (Wildman–Crippen MR) is 242 cm³/mol. The van der Waals surface area contributed by atoms with Gasteiger partial charge in [0.2, 0.25) is 17.7 Å². The molecule has 9 rings (SSSR count). The summed E-state index contributed by atoms with van der Waals surface area (Å²) in [7, 11) is -19.7. The molecule has 6 aromatic rings. The van der Waals surface area contributed by atoms with E-state index in [1.807, 2.05) is 0 Å². The van der Waals surface area contributed by atoms with Gasteiger partial charge in [-0.25, -0.2) is 42.5 Å². The Morgan fingerprint density at radius 3 is 2.05 bits per heavy atom. The zero-order valence-electron chi connectivity index (χ0n) is 38.8. The Labute approximate surface area is 421 Å². The van der Waals surface area contributed by atoms with Crippen LogP contribution in [0.15, 0.2) is 34.9 Å². The molecule has 0 spiro atoms. The van der Waals surface area contributed by atoms with E-state index in [2.05, 4.69) is 58.3 Å². The van der Waals surface area contributed by atoms with E-state index < -0.39 is 136 Å². The third kappa shape index (κ3) is 11.0. The zero-order valence-corrected chi connectivity index (χ0v) is 42.4. The van der Waals surface area contributed by atoms with E-state index >= 15 is 0 Å². The van der Waals surface area contributed by atoms with Crippen LogP contribution in [0.5, 0.6) is 0 Å². The number of aromatic nitrogens is 12. The lowest BCUT2D eigenvalue weighted by molar-refractivity contribution is -0.745.